The van der Waals surface area contributed by atoms with E-state index in [9.17, 15) is 19.7 Å². The Morgan fingerprint density at radius 2 is 1.79 bits per heavy atom. The first kappa shape index (κ1) is 20.7. The van der Waals surface area contributed by atoms with Gasteiger partial charge in [0.15, 0.2) is 0 Å². The lowest BCUT2D eigenvalue weighted by molar-refractivity contribution is -0.384. The molecule has 0 aliphatic rings. The summed E-state index contributed by atoms with van der Waals surface area (Å²) in [5, 5.41) is 20.1. The zero-order chi connectivity index (χ0) is 20.8. The number of methoxy groups -OCH3 is 1. The lowest BCUT2D eigenvalue weighted by Crippen LogP contribution is -2.33. The number of aliphatic carboxylic acids is 1. The minimum Gasteiger partial charge on any atom is -0.497 e. The number of carboxylic acids is 1. The Hall–Kier alpha value is -3.62. The van der Waals surface area contributed by atoms with Crippen molar-refractivity contribution in [3.8, 4) is 17.2 Å². The van der Waals surface area contributed by atoms with Gasteiger partial charge in [-0.3, -0.25) is 19.7 Å². The molecule has 2 aromatic rings. The average molecular weight is 388 g/mol. The summed E-state index contributed by atoms with van der Waals surface area (Å²) in [4.78, 5) is 35.5. The number of hydrogen-bond donors (Lipinski definition) is 1. The van der Waals surface area contributed by atoms with E-state index in [0.29, 0.717) is 11.5 Å². The van der Waals surface area contributed by atoms with Gasteiger partial charge < -0.3 is 19.5 Å². The fraction of sp³-hybridized carbons (Fsp3) is 0.263. The van der Waals surface area contributed by atoms with E-state index < -0.39 is 22.7 Å². The molecule has 1 unspecified atom stereocenters. The highest BCUT2D eigenvalue weighted by atomic mass is 16.6. The number of amides is 1. The molecule has 0 aliphatic carbocycles. The number of nitro groups is 1. The normalized spacial score (nSPS) is 11.4. The molecule has 0 saturated heterocycles. The topological polar surface area (TPSA) is 119 Å². The maximum Gasteiger partial charge on any atom is 0.308 e. The van der Waals surface area contributed by atoms with Gasteiger partial charge in [0.2, 0.25) is 0 Å². The van der Waals surface area contributed by atoms with E-state index in [2.05, 4.69) is 0 Å². The van der Waals surface area contributed by atoms with Crippen LogP contribution in [0.5, 0.6) is 17.2 Å². The second kappa shape index (κ2) is 8.85. The van der Waals surface area contributed by atoms with Crippen molar-refractivity contribution in [3.63, 3.8) is 0 Å². The first-order valence-electron chi connectivity index (χ1n) is 8.31. The van der Waals surface area contributed by atoms with Gasteiger partial charge in [-0.25, -0.2) is 0 Å². The van der Waals surface area contributed by atoms with E-state index in [1.165, 1.54) is 38.1 Å². The van der Waals surface area contributed by atoms with E-state index in [4.69, 9.17) is 14.6 Å². The molecule has 0 fully saturated rings. The van der Waals surface area contributed by atoms with E-state index in [-0.39, 0.29) is 23.5 Å². The molecule has 1 amide bonds. The number of nitro benzene ring substituents is 1. The summed E-state index contributed by atoms with van der Waals surface area (Å²) in [5.41, 5.74) is -0.310. The lowest BCUT2D eigenvalue weighted by Gasteiger charge is -2.21. The number of carbonyl (C=O) groups is 2. The van der Waals surface area contributed by atoms with Crippen molar-refractivity contribution in [2.75, 3.05) is 20.7 Å². The van der Waals surface area contributed by atoms with Gasteiger partial charge in [-0.1, -0.05) is 6.92 Å². The third-order valence-electron chi connectivity index (χ3n) is 4.01. The highest BCUT2D eigenvalue weighted by Crippen LogP contribution is 2.30. The largest absolute Gasteiger partial charge is 0.497 e. The first-order chi connectivity index (χ1) is 13.2. The number of benzene rings is 2. The SMILES string of the molecule is COc1ccc(Oc2ccc([N+](=O)[O-])cc2C(=O)N(C)CC(C)C(=O)O)cc1. The highest BCUT2D eigenvalue weighted by Gasteiger charge is 2.24. The summed E-state index contributed by atoms with van der Waals surface area (Å²) >= 11 is 0. The van der Waals surface area contributed by atoms with Crippen LogP contribution in [0.2, 0.25) is 0 Å². The van der Waals surface area contributed by atoms with Crippen molar-refractivity contribution < 1.29 is 29.1 Å². The number of hydrogen-bond acceptors (Lipinski definition) is 6. The Morgan fingerprint density at radius 1 is 1.18 bits per heavy atom. The molecule has 0 spiro atoms. The van der Waals surface area contributed by atoms with Crippen molar-refractivity contribution >= 4 is 17.6 Å². The molecule has 1 N–H and O–H groups in total. The Kier molecular flexibility index (Phi) is 6.54. The molecule has 0 heterocycles. The van der Waals surface area contributed by atoms with Crippen LogP contribution in [0.4, 0.5) is 5.69 Å². The van der Waals surface area contributed by atoms with Crippen LogP contribution in [0.3, 0.4) is 0 Å². The quantitative estimate of drug-likeness (QED) is 0.545. The van der Waals surface area contributed by atoms with E-state index >= 15 is 0 Å². The zero-order valence-electron chi connectivity index (χ0n) is 15.6. The minimum atomic E-state index is -1.05. The molecule has 9 heteroatoms. The average Bonchev–Trinajstić information content (AvgIpc) is 2.67. The third-order valence-corrected chi connectivity index (χ3v) is 4.01. The molecule has 9 nitrogen and oxygen atoms in total. The van der Waals surface area contributed by atoms with Crippen LogP contribution < -0.4 is 9.47 Å². The molecule has 0 aromatic heterocycles. The smallest absolute Gasteiger partial charge is 0.308 e. The van der Waals surface area contributed by atoms with Gasteiger partial charge >= 0.3 is 5.97 Å². The third kappa shape index (κ3) is 4.97. The number of ether oxygens (including phenoxy) is 2. The van der Waals surface area contributed by atoms with Gasteiger partial charge in [0.05, 0.1) is 23.5 Å². The van der Waals surface area contributed by atoms with E-state index in [0.717, 1.165) is 6.07 Å². The molecular formula is C19H20N2O7. The monoisotopic (exact) mass is 388 g/mol. The van der Waals surface area contributed by atoms with Crippen LogP contribution in [0.25, 0.3) is 0 Å². The molecule has 0 radical (unpaired) electrons. The van der Waals surface area contributed by atoms with Crippen molar-refractivity contribution in [2.24, 2.45) is 5.92 Å². The number of carbonyl (C=O) groups excluding carboxylic acids is 1. The van der Waals surface area contributed by atoms with Crippen LogP contribution >= 0.6 is 0 Å². The van der Waals surface area contributed by atoms with Crippen LogP contribution in [-0.4, -0.2) is 47.5 Å². The Labute approximate surface area is 161 Å². The van der Waals surface area contributed by atoms with E-state index in [1.807, 2.05) is 0 Å². The van der Waals surface area contributed by atoms with Gasteiger partial charge in [0.1, 0.15) is 17.2 Å². The van der Waals surface area contributed by atoms with Gasteiger partial charge in [-0.05, 0) is 30.3 Å². The molecule has 2 aromatic carbocycles. The summed E-state index contributed by atoms with van der Waals surface area (Å²) in [5.74, 6) is -1.28. The summed E-state index contributed by atoms with van der Waals surface area (Å²) in [6.07, 6.45) is 0. The second-order valence-corrected chi connectivity index (χ2v) is 6.14. The standard InChI is InChI=1S/C19H20N2O7/c1-12(19(23)24)11-20(2)18(22)16-10-13(21(25)26)4-9-17(16)28-15-7-5-14(27-3)6-8-15/h4-10,12H,11H2,1-3H3,(H,23,24). The summed E-state index contributed by atoms with van der Waals surface area (Å²) in [6.45, 7) is 1.41. The second-order valence-electron chi connectivity index (χ2n) is 6.14. The predicted molar refractivity (Wildman–Crippen MR) is 99.9 cm³/mol. The highest BCUT2D eigenvalue weighted by molar-refractivity contribution is 5.97. The molecule has 148 valence electrons. The van der Waals surface area contributed by atoms with Gasteiger partial charge in [-0.2, -0.15) is 0 Å². The van der Waals surface area contributed by atoms with Crippen molar-refractivity contribution in [2.45, 2.75) is 6.92 Å². The lowest BCUT2D eigenvalue weighted by atomic mass is 10.1. The zero-order valence-corrected chi connectivity index (χ0v) is 15.6. The predicted octanol–water partition coefficient (Wildman–Crippen LogP) is 3.19. The number of non-ortho nitro benzene ring substituents is 1. The van der Waals surface area contributed by atoms with Crippen LogP contribution in [0.15, 0.2) is 42.5 Å². The van der Waals surface area contributed by atoms with Gasteiger partial charge in [-0.15, -0.1) is 0 Å². The van der Waals surface area contributed by atoms with Crippen LogP contribution in [0.1, 0.15) is 17.3 Å². The summed E-state index contributed by atoms with van der Waals surface area (Å²) in [6, 6.07) is 10.3. The molecule has 0 aliphatic heterocycles. The summed E-state index contributed by atoms with van der Waals surface area (Å²) in [7, 11) is 2.95. The van der Waals surface area contributed by atoms with Crippen LogP contribution in [0, 0.1) is 16.0 Å². The molecule has 2 rings (SSSR count). The van der Waals surface area contributed by atoms with Crippen molar-refractivity contribution in [1.29, 1.82) is 0 Å². The molecule has 1 atom stereocenters. The number of rotatable bonds is 8. The molecule has 0 saturated carbocycles. The summed E-state index contributed by atoms with van der Waals surface area (Å²) < 4.78 is 10.8. The maximum atomic E-state index is 12.8. The molecular weight excluding hydrogens is 368 g/mol. The number of nitrogens with zero attached hydrogens (tertiary/aromatic N) is 2. The van der Waals surface area contributed by atoms with E-state index in [1.54, 1.807) is 24.3 Å². The number of carboxylic acid groups (broad SMARTS) is 1. The molecule has 0 bridgehead atoms. The minimum absolute atomic E-state index is 0.0369. The first-order valence-corrected chi connectivity index (χ1v) is 8.31. The fourth-order valence-corrected chi connectivity index (χ4v) is 2.44. The Bertz CT molecular complexity index is 880. The van der Waals surface area contributed by atoms with Crippen molar-refractivity contribution in [3.05, 3.63) is 58.1 Å². The van der Waals surface area contributed by atoms with Gasteiger partial charge in [0, 0.05) is 25.7 Å². The molecule has 28 heavy (non-hydrogen) atoms. The van der Waals surface area contributed by atoms with Crippen LogP contribution in [-0.2, 0) is 4.79 Å². The van der Waals surface area contributed by atoms with Crippen molar-refractivity contribution in [1.82, 2.24) is 4.90 Å². The Morgan fingerprint density at radius 3 is 2.32 bits per heavy atom. The fourth-order valence-electron chi connectivity index (χ4n) is 2.44. The Balaban J connectivity index is 2.35. The van der Waals surface area contributed by atoms with Gasteiger partial charge in [0.25, 0.3) is 11.6 Å². The maximum absolute atomic E-state index is 12.8.